The molecule has 0 bridgehead atoms. The Kier molecular flexibility index (Phi) is 8.01. The summed E-state index contributed by atoms with van der Waals surface area (Å²) in [6, 6.07) is 17.7. The van der Waals surface area contributed by atoms with Gasteiger partial charge in [0.1, 0.15) is 0 Å². The van der Waals surface area contributed by atoms with Crippen LogP contribution >= 0.6 is 0 Å². The minimum atomic E-state index is -3.19. The van der Waals surface area contributed by atoms with Gasteiger partial charge in [0, 0.05) is 37.4 Å². The molecule has 0 atom stereocenters. The Morgan fingerprint density at radius 3 is 2.30 bits per heavy atom. The number of hydrogen-bond donors (Lipinski definition) is 1. The molecular formula is C23H31N3O3S. The number of amides is 1. The zero-order valence-electron chi connectivity index (χ0n) is 17.6. The van der Waals surface area contributed by atoms with E-state index in [1.165, 1.54) is 0 Å². The Hall–Kier alpha value is -2.22. The molecule has 0 spiro atoms. The summed E-state index contributed by atoms with van der Waals surface area (Å²) in [5.41, 5.74) is 2.82. The van der Waals surface area contributed by atoms with Crippen molar-refractivity contribution < 1.29 is 13.2 Å². The Balaban J connectivity index is 1.53. The number of para-hydroxylation sites is 1. The second-order valence-corrected chi connectivity index (χ2v) is 9.75. The molecule has 3 rings (SSSR count). The van der Waals surface area contributed by atoms with Crippen molar-refractivity contribution in [3.8, 4) is 11.1 Å². The van der Waals surface area contributed by atoms with E-state index in [1.807, 2.05) is 59.5 Å². The highest BCUT2D eigenvalue weighted by atomic mass is 32.2. The van der Waals surface area contributed by atoms with E-state index >= 15 is 0 Å². The lowest BCUT2D eigenvalue weighted by Crippen LogP contribution is -2.50. The van der Waals surface area contributed by atoms with Gasteiger partial charge in [0.2, 0.25) is 15.9 Å². The molecule has 0 aromatic heterocycles. The lowest BCUT2D eigenvalue weighted by atomic mass is 10.0. The quantitative estimate of drug-likeness (QED) is 0.620. The molecule has 0 aliphatic carbocycles. The van der Waals surface area contributed by atoms with Crippen molar-refractivity contribution in [2.75, 3.05) is 43.8 Å². The average molecular weight is 430 g/mol. The predicted molar refractivity (Wildman–Crippen MR) is 122 cm³/mol. The fourth-order valence-electron chi connectivity index (χ4n) is 3.68. The third kappa shape index (κ3) is 6.14. The molecule has 1 fully saturated rings. The topological polar surface area (TPSA) is 69.7 Å². The Bertz CT molecular complexity index is 924. The van der Waals surface area contributed by atoms with E-state index in [2.05, 4.69) is 12.2 Å². The Morgan fingerprint density at radius 1 is 0.933 bits per heavy atom. The first-order valence-electron chi connectivity index (χ1n) is 10.6. The number of nitrogens with zero attached hydrogens (tertiary/aromatic N) is 2. The van der Waals surface area contributed by atoms with Crippen LogP contribution in [0.4, 0.5) is 5.69 Å². The zero-order chi connectivity index (χ0) is 21.4. The van der Waals surface area contributed by atoms with E-state index in [1.54, 1.807) is 4.31 Å². The molecule has 0 unspecified atom stereocenters. The van der Waals surface area contributed by atoms with E-state index in [0.29, 0.717) is 32.6 Å². The van der Waals surface area contributed by atoms with Crippen LogP contribution in [0.5, 0.6) is 0 Å². The van der Waals surface area contributed by atoms with Crippen LogP contribution in [0.3, 0.4) is 0 Å². The summed E-state index contributed by atoms with van der Waals surface area (Å²) in [5, 5.41) is 3.02. The summed E-state index contributed by atoms with van der Waals surface area (Å²) in [6.07, 6.45) is 2.65. The normalized spacial score (nSPS) is 15.8. The minimum absolute atomic E-state index is 0.0855. The predicted octanol–water partition coefficient (Wildman–Crippen LogP) is 3.43. The van der Waals surface area contributed by atoms with Crippen LogP contribution in [0.1, 0.15) is 26.2 Å². The van der Waals surface area contributed by atoms with Gasteiger partial charge in [-0.1, -0.05) is 68.3 Å². The van der Waals surface area contributed by atoms with E-state index in [-0.39, 0.29) is 18.2 Å². The van der Waals surface area contributed by atoms with Gasteiger partial charge in [-0.05, 0) is 18.1 Å². The largest absolute Gasteiger partial charge is 0.324 e. The standard InChI is InChI=1S/C23H31N3O3S/c1-2-3-9-18-30(28,29)26-16-14-25(15-17-26)19-23(27)24-22-13-8-7-12-21(22)20-10-5-4-6-11-20/h4-8,10-13H,2-3,9,14-19H2,1H3,(H,24,27). The van der Waals surface area contributed by atoms with E-state index in [4.69, 9.17) is 0 Å². The fraction of sp³-hybridized carbons (Fsp3) is 0.435. The summed E-state index contributed by atoms with van der Waals surface area (Å²) >= 11 is 0. The van der Waals surface area contributed by atoms with Gasteiger partial charge in [0.25, 0.3) is 0 Å². The molecule has 1 N–H and O–H groups in total. The third-order valence-electron chi connectivity index (χ3n) is 5.38. The van der Waals surface area contributed by atoms with Crippen LogP contribution in [0.25, 0.3) is 11.1 Å². The van der Waals surface area contributed by atoms with Gasteiger partial charge < -0.3 is 5.32 Å². The van der Waals surface area contributed by atoms with Crippen molar-refractivity contribution >= 4 is 21.6 Å². The van der Waals surface area contributed by atoms with Crippen molar-refractivity contribution in [1.29, 1.82) is 0 Å². The molecule has 1 amide bonds. The number of carbonyl (C=O) groups excluding carboxylic acids is 1. The molecule has 6 nitrogen and oxygen atoms in total. The third-order valence-corrected chi connectivity index (χ3v) is 7.34. The Morgan fingerprint density at radius 2 is 1.60 bits per heavy atom. The van der Waals surface area contributed by atoms with E-state index in [9.17, 15) is 13.2 Å². The molecule has 2 aromatic carbocycles. The minimum Gasteiger partial charge on any atom is -0.324 e. The van der Waals surface area contributed by atoms with Crippen molar-refractivity contribution in [3.63, 3.8) is 0 Å². The van der Waals surface area contributed by atoms with Crippen LogP contribution < -0.4 is 5.32 Å². The van der Waals surface area contributed by atoms with Gasteiger partial charge in [-0.25, -0.2) is 8.42 Å². The molecule has 1 heterocycles. The first kappa shape index (κ1) is 22.5. The highest BCUT2D eigenvalue weighted by Gasteiger charge is 2.27. The van der Waals surface area contributed by atoms with Gasteiger partial charge in [0.15, 0.2) is 0 Å². The van der Waals surface area contributed by atoms with E-state index < -0.39 is 10.0 Å². The van der Waals surface area contributed by atoms with Crippen LogP contribution in [0.2, 0.25) is 0 Å². The Labute approximate surface area is 179 Å². The van der Waals surface area contributed by atoms with Gasteiger partial charge in [-0.15, -0.1) is 0 Å². The smallest absolute Gasteiger partial charge is 0.238 e. The lowest BCUT2D eigenvalue weighted by Gasteiger charge is -2.33. The van der Waals surface area contributed by atoms with Crippen LogP contribution in [-0.2, 0) is 14.8 Å². The SMILES string of the molecule is CCCCCS(=O)(=O)N1CCN(CC(=O)Nc2ccccc2-c2ccccc2)CC1. The summed E-state index contributed by atoms with van der Waals surface area (Å²) in [6.45, 7) is 4.35. The number of benzene rings is 2. The molecule has 162 valence electrons. The van der Waals surface area contributed by atoms with Gasteiger partial charge in [-0.3, -0.25) is 9.69 Å². The number of hydrogen-bond acceptors (Lipinski definition) is 4. The highest BCUT2D eigenvalue weighted by molar-refractivity contribution is 7.89. The van der Waals surface area contributed by atoms with Crippen molar-refractivity contribution in [2.45, 2.75) is 26.2 Å². The summed E-state index contributed by atoms with van der Waals surface area (Å²) in [5.74, 6) is 0.134. The fourth-order valence-corrected chi connectivity index (χ4v) is 5.23. The maximum Gasteiger partial charge on any atom is 0.238 e. The summed E-state index contributed by atoms with van der Waals surface area (Å²) < 4.78 is 26.4. The van der Waals surface area contributed by atoms with Crippen molar-refractivity contribution in [1.82, 2.24) is 9.21 Å². The monoisotopic (exact) mass is 429 g/mol. The highest BCUT2D eigenvalue weighted by Crippen LogP contribution is 2.27. The number of nitrogens with one attached hydrogen (secondary N) is 1. The number of sulfonamides is 1. The van der Waals surface area contributed by atoms with Gasteiger partial charge in [0.05, 0.1) is 12.3 Å². The first-order valence-corrected chi connectivity index (χ1v) is 12.2. The van der Waals surface area contributed by atoms with Gasteiger partial charge >= 0.3 is 0 Å². The van der Waals surface area contributed by atoms with Crippen molar-refractivity contribution in [2.24, 2.45) is 0 Å². The maximum absolute atomic E-state index is 12.6. The number of unbranched alkanes of at least 4 members (excludes halogenated alkanes) is 2. The number of rotatable bonds is 9. The molecule has 1 saturated heterocycles. The lowest BCUT2D eigenvalue weighted by molar-refractivity contribution is -0.117. The summed E-state index contributed by atoms with van der Waals surface area (Å²) in [7, 11) is -3.19. The second kappa shape index (κ2) is 10.7. The molecule has 7 heteroatoms. The number of piperazine rings is 1. The first-order chi connectivity index (χ1) is 14.5. The van der Waals surface area contributed by atoms with Crippen LogP contribution in [0.15, 0.2) is 54.6 Å². The van der Waals surface area contributed by atoms with E-state index in [0.717, 1.165) is 29.7 Å². The molecule has 1 aliphatic heterocycles. The summed E-state index contributed by atoms with van der Waals surface area (Å²) in [4.78, 5) is 14.6. The zero-order valence-corrected chi connectivity index (χ0v) is 18.4. The maximum atomic E-state index is 12.6. The van der Waals surface area contributed by atoms with Crippen LogP contribution in [-0.4, -0.2) is 62.0 Å². The number of anilines is 1. The molecule has 2 aromatic rings. The average Bonchev–Trinajstić information content (AvgIpc) is 2.75. The molecular weight excluding hydrogens is 398 g/mol. The van der Waals surface area contributed by atoms with Crippen LogP contribution in [0, 0.1) is 0 Å². The molecule has 0 saturated carbocycles. The molecule has 1 aliphatic rings. The molecule has 30 heavy (non-hydrogen) atoms. The van der Waals surface area contributed by atoms with Gasteiger partial charge in [-0.2, -0.15) is 4.31 Å². The van der Waals surface area contributed by atoms with Crippen molar-refractivity contribution in [3.05, 3.63) is 54.6 Å². The number of carbonyl (C=O) groups is 1. The molecule has 0 radical (unpaired) electrons. The second-order valence-electron chi connectivity index (χ2n) is 7.66.